The van der Waals surface area contributed by atoms with Crippen molar-refractivity contribution >= 4 is 32.7 Å². The first kappa shape index (κ1) is 18.9. The fraction of sp³-hybridized carbons (Fsp3) is 0.375. The third kappa shape index (κ3) is 4.16. The Balaban J connectivity index is 2.48. The zero-order chi connectivity index (χ0) is 18.0. The number of rotatable bonds is 6. The third-order valence-electron chi connectivity index (χ3n) is 3.49. The summed E-state index contributed by atoms with van der Waals surface area (Å²) in [6, 6.07) is 8.67. The molecule has 0 aliphatic heterocycles. The van der Waals surface area contributed by atoms with E-state index >= 15 is 0 Å². The molecule has 0 atom stereocenters. The highest BCUT2D eigenvalue weighted by Gasteiger charge is 2.48. The number of halogens is 3. The maximum Gasteiger partial charge on any atom is 0.534 e. The summed E-state index contributed by atoms with van der Waals surface area (Å²) >= 11 is 1.12. The van der Waals surface area contributed by atoms with Crippen molar-refractivity contribution in [3.05, 3.63) is 35.9 Å². The Morgan fingerprint density at radius 3 is 2.42 bits per heavy atom. The predicted molar refractivity (Wildman–Crippen MR) is 89.9 cm³/mol. The van der Waals surface area contributed by atoms with Crippen LogP contribution in [0.1, 0.15) is 25.3 Å². The van der Waals surface area contributed by atoms with Crippen LogP contribution in [-0.4, -0.2) is 20.2 Å². The summed E-state index contributed by atoms with van der Waals surface area (Å²) in [4.78, 5) is 0.330. The molecule has 0 radical (unpaired) electrons. The highest BCUT2D eigenvalue weighted by atomic mass is 32.2. The minimum Gasteiger partial charge on any atom is -0.375 e. The number of fused-ring (bicyclic) bond motifs is 1. The summed E-state index contributed by atoms with van der Waals surface area (Å²) in [6.07, 6.45) is 4.53. The van der Waals surface area contributed by atoms with Gasteiger partial charge in [-0.3, -0.25) is 0 Å². The lowest BCUT2D eigenvalue weighted by Crippen LogP contribution is -2.28. The molecule has 0 aliphatic carbocycles. The zero-order valence-corrected chi connectivity index (χ0v) is 14.8. The van der Waals surface area contributed by atoms with Crippen LogP contribution >= 0.6 is 11.8 Å². The quantitative estimate of drug-likeness (QED) is 0.397. The van der Waals surface area contributed by atoms with Crippen LogP contribution in [0.15, 0.2) is 35.2 Å². The molecule has 0 bridgehead atoms. The molecule has 0 aliphatic rings. The first-order valence-electron chi connectivity index (χ1n) is 7.29. The van der Waals surface area contributed by atoms with E-state index in [4.69, 9.17) is 0 Å². The van der Waals surface area contributed by atoms with E-state index in [9.17, 15) is 21.6 Å². The van der Waals surface area contributed by atoms with Gasteiger partial charge in [0.15, 0.2) is 5.75 Å². The highest BCUT2D eigenvalue weighted by molar-refractivity contribution is 7.98. The van der Waals surface area contributed by atoms with Crippen molar-refractivity contribution in [1.29, 1.82) is 0 Å². The molecule has 0 saturated heterocycles. The van der Waals surface area contributed by atoms with Crippen LogP contribution in [0, 0.1) is 0 Å². The molecule has 3 nitrogen and oxygen atoms in total. The van der Waals surface area contributed by atoms with Crippen molar-refractivity contribution < 1.29 is 25.8 Å². The third-order valence-corrected chi connectivity index (χ3v) is 5.21. The smallest absolute Gasteiger partial charge is 0.375 e. The van der Waals surface area contributed by atoms with Crippen molar-refractivity contribution in [2.24, 2.45) is 0 Å². The number of thioether (sulfide) groups is 1. The summed E-state index contributed by atoms with van der Waals surface area (Å²) in [5.74, 6) is -0.306. The van der Waals surface area contributed by atoms with Crippen LogP contribution < -0.4 is 4.18 Å². The Morgan fingerprint density at radius 1 is 1.12 bits per heavy atom. The van der Waals surface area contributed by atoms with Crippen molar-refractivity contribution in [1.82, 2.24) is 0 Å². The van der Waals surface area contributed by atoms with Crippen LogP contribution in [0.4, 0.5) is 13.2 Å². The van der Waals surface area contributed by atoms with Gasteiger partial charge in [-0.25, -0.2) is 0 Å². The molecular weight excluding hydrogens is 361 g/mol. The fourth-order valence-corrected chi connectivity index (χ4v) is 3.30. The minimum atomic E-state index is -5.69. The largest absolute Gasteiger partial charge is 0.534 e. The van der Waals surface area contributed by atoms with E-state index in [1.54, 1.807) is 12.3 Å². The van der Waals surface area contributed by atoms with Gasteiger partial charge in [-0.2, -0.15) is 21.6 Å². The summed E-state index contributed by atoms with van der Waals surface area (Å²) in [6.45, 7) is 2.07. The fourth-order valence-electron chi connectivity index (χ4n) is 2.23. The molecule has 0 amide bonds. The maximum absolute atomic E-state index is 12.6. The van der Waals surface area contributed by atoms with E-state index in [1.807, 2.05) is 18.2 Å². The first-order chi connectivity index (χ1) is 11.2. The molecule has 0 saturated carbocycles. The van der Waals surface area contributed by atoms with Gasteiger partial charge in [0, 0.05) is 0 Å². The lowest BCUT2D eigenvalue weighted by atomic mass is 10.0. The molecule has 8 heteroatoms. The van der Waals surface area contributed by atoms with Crippen molar-refractivity contribution in [2.45, 2.75) is 36.6 Å². The van der Waals surface area contributed by atoms with E-state index in [0.717, 1.165) is 42.0 Å². The van der Waals surface area contributed by atoms with Crippen molar-refractivity contribution in [3.8, 4) is 5.75 Å². The molecule has 0 N–H and O–H groups in total. The molecule has 2 aromatic carbocycles. The normalized spacial score (nSPS) is 12.5. The van der Waals surface area contributed by atoms with Gasteiger partial charge in [-0.15, -0.1) is 11.8 Å². The molecule has 0 spiro atoms. The first-order valence-corrected chi connectivity index (χ1v) is 9.92. The van der Waals surface area contributed by atoms with Gasteiger partial charge in [0.05, 0.1) is 4.90 Å². The zero-order valence-electron chi connectivity index (χ0n) is 13.2. The van der Waals surface area contributed by atoms with E-state index in [1.165, 1.54) is 6.07 Å². The Bertz CT molecular complexity index is 830. The van der Waals surface area contributed by atoms with E-state index in [2.05, 4.69) is 11.1 Å². The SMILES string of the molecule is CCCCc1ccc2cc(SC)c(OS(=O)(=O)C(F)(F)F)cc2c1. The molecule has 24 heavy (non-hydrogen) atoms. The lowest BCUT2D eigenvalue weighted by molar-refractivity contribution is -0.0500. The maximum atomic E-state index is 12.6. The molecule has 0 fully saturated rings. The van der Waals surface area contributed by atoms with Crippen LogP contribution in [0.3, 0.4) is 0 Å². The topological polar surface area (TPSA) is 43.4 Å². The Labute approximate surface area is 143 Å². The summed E-state index contributed by atoms with van der Waals surface area (Å²) < 4.78 is 64.6. The molecule has 0 heterocycles. The predicted octanol–water partition coefficient (Wildman–Crippen LogP) is 5.13. The highest BCUT2D eigenvalue weighted by Crippen LogP contribution is 2.36. The van der Waals surface area contributed by atoms with Gasteiger partial charge in [-0.05, 0) is 47.6 Å². The Kier molecular flexibility index (Phi) is 5.70. The number of alkyl halides is 3. The van der Waals surface area contributed by atoms with Crippen LogP contribution in [0.25, 0.3) is 10.8 Å². The van der Waals surface area contributed by atoms with E-state index < -0.39 is 15.6 Å². The van der Waals surface area contributed by atoms with Crippen LogP contribution in [0.2, 0.25) is 0 Å². The van der Waals surface area contributed by atoms with Gasteiger partial charge < -0.3 is 4.18 Å². The number of aryl methyl sites for hydroxylation is 1. The summed E-state index contributed by atoms with van der Waals surface area (Å²) in [7, 11) is -5.69. The second kappa shape index (κ2) is 7.23. The molecule has 132 valence electrons. The average molecular weight is 378 g/mol. The van der Waals surface area contributed by atoms with Gasteiger partial charge in [0.2, 0.25) is 0 Å². The average Bonchev–Trinajstić information content (AvgIpc) is 2.50. The standard InChI is InChI=1S/C16H17F3O3S2/c1-3-4-5-11-6-7-12-10-15(23-2)14(9-13(12)8-11)22-24(20,21)16(17,18)19/h6-10H,3-5H2,1-2H3. The number of benzene rings is 2. The van der Waals surface area contributed by atoms with Gasteiger partial charge >= 0.3 is 15.6 Å². The van der Waals surface area contributed by atoms with Crippen molar-refractivity contribution in [2.75, 3.05) is 6.26 Å². The summed E-state index contributed by atoms with van der Waals surface area (Å²) in [5.41, 5.74) is -4.41. The Morgan fingerprint density at radius 2 is 1.83 bits per heavy atom. The second-order valence-electron chi connectivity index (χ2n) is 5.27. The van der Waals surface area contributed by atoms with Gasteiger partial charge in [-0.1, -0.05) is 31.5 Å². The van der Waals surface area contributed by atoms with Crippen LogP contribution in [-0.2, 0) is 16.5 Å². The molecular formula is C16H17F3O3S2. The van der Waals surface area contributed by atoms with Crippen LogP contribution in [0.5, 0.6) is 5.75 Å². The summed E-state index contributed by atoms with van der Waals surface area (Å²) in [5, 5.41) is 1.46. The van der Waals surface area contributed by atoms with E-state index in [0.29, 0.717) is 10.3 Å². The molecule has 2 rings (SSSR count). The number of hydrogen-bond acceptors (Lipinski definition) is 4. The second-order valence-corrected chi connectivity index (χ2v) is 7.66. The van der Waals surface area contributed by atoms with Gasteiger partial charge in [0.25, 0.3) is 0 Å². The lowest BCUT2D eigenvalue weighted by Gasteiger charge is -2.13. The Hall–Kier alpha value is -1.41. The minimum absolute atomic E-state index is 0.306. The molecule has 0 unspecified atom stereocenters. The van der Waals surface area contributed by atoms with Gasteiger partial charge in [0.1, 0.15) is 0 Å². The molecule has 2 aromatic rings. The number of unbranched alkanes of at least 4 members (excludes halogenated alkanes) is 1. The number of hydrogen-bond donors (Lipinski definition) is 0. The van der Waals surface area contributed by atoms with Crippen molar-refractivity contribution in [3.63, 3.8) is 0 Å². The molecule has 0 aromatic heterocycles. The monoisotopic (exact) mass is 378 g/mol. The van der Waals surface area contributed by atoms with E-state index in [-0.39, 0.29) is 5.75 Å².